The average molecular weight is 383 g/mol. The van der Waals surface area contributed by atoms with Crippen LogP contribution in [0.5, 0.6) is 0 Å². The molecule has 5 nitrogen and oxygen atoms in total. The Labute approximate surface area is 166 Å². The number of piperidine rings is 1. The van der Waals surface area contributed by atoms with Crippen molar-refractivity contribution >= 4 is 16.9 Å². The highest BCUT2D eigenvalue weighted by molar-refractivity contribution is 5.91. The van der Waals surface area contributed by atoms with Gasteiger partial charge >= 0.3 is 5.97 Å². The minimum atomic E-state index is -0.935. The van der Waals surface area contributed by atoms with E-state index < -0.39 is 11.0 Å². The standard InChI is InChI=1S/C23H30N2O3/c1-4-22(27)12-16-13-23(5-2,21(26)28-3)20-18(10-11-25(14-16)15-22)17-8-6-7-9-19(17)24-20/h5-9,16,24,27H,2,4,10-15H2,1,3H3/t16-,22?,23-/m1/s1. The minimum absolute atomic E-state index is 0.188. The first kappa shape index (κ1) is 19.2. The lowest BCUT2D eigenvalue weighted by Crippen LogP contribution is -2.52. The Balaban J connectivity index is 1.90. The van der Waals surface area contributed by atoms with Gasteiger partial charge in [0.2, 0.25) is 0 Å². The van der Waals surface area contributed by atoms with E-state index in [4.69, 9.17) is 4.74 Å². The first-order valence-electron chi connectivity index (χ1n) is 10.2. The van der Waals surface area contributed by atoms with Crippen molar-refractivity contribution < 1.29 is 14.6 Å². The largest absolute Gasteiger partial charge is 0.468 e. The van der Waals surface area contributed by atoms with Crippen molar-refractivity contribution in [2.45, 2.75) is 43.6 Å². The van der Waals surface area contributed by atoms with Crippen LogP contribution in [0.2, 0.25) is 0 Å². The molecule has 2 N–H and O–H groups in total. The number of aliphatic hydroxyl groups is 1. The van der Waals surface area contributed by atoms with Crippen molar-refractivity contribution in [3.8, 4) is 0 Å². The molecular formula is C23H30N2O3. The van der Waals surface area contributed by atoms with Gasteiger partial charge in [-0.25, -0.2) is 0 Å². The maximum absolute atomic E-state index is 13.1. The number of benzene rings is 1. The molecule has 0 aliphatic carbocycles. The number of aromatic amines is 1. The SMILES string of the molecule is C=C[C@@]1(C(=O)OC)C[C@@H]2CN(CCc3c1[nH]c1ccccc31)CC(O)(CC)C2. The summed E-state index contributed by atoms with van der Waals surface area (Å²) in [6.45, 7) is 8.54. The predicted molar refractivity (Wildman–Crippen MR) is 110 cm³/mol. The molecule has 1 fully saturated rings. The van der Waals surface area contributed by atoms with Crippen LogP contribution in [0.3, 0.4) is 0 Å². The maximum Gasteiger partial charge on any atom is 0.321 e. The van der Waals surface area contributed by atoms with Crippen molar-refractivity contribution in [3.63, 3.8) is 0 Å². The van der Waals surface area contributed by atoms with Crippen LogP contribution in [0.4, 0.5) is 0 Å². The van der Waals surface area contributed by atoms with Gasteiger partial charge in [0.1, 0.15) is 5.41 Å². The van der Waals surface area contributed by atoms with Gasteiger partial charge in [-0.3, -0.25) is 9.69 Å². The number of esters is 1. The number of ether oxygens (including phenoxy) is 1. The Kier molecular flexibility index (Phi) is 4.84. The molecule has 2 bridgehead atoms. The molecule has 1 aromatic heterocycles. The van der Waals surface area contributed by atoms with Gasteiger partial charge in [0, 0.05) is 36.2 Å². The van der Waals surface area contributed by atoms with Crippen molar-refractivity contribution in [2.24, 2.45) is 5.92 Å². The summed E-state index contributed by atoms with van der Waals surface area (Å²) in [6.07, 6.45) is 4.57. The fraction of sp³-hybridized carbons (Fsp3) is 0.522. The molecule has 0 spiro atoms. The molecule has 0 saturated carbocycles. The quantitative estimate of drug-likeness (QED) is 0.632. The van der Waals surface area contributed by atoms with E-state index in [1.54, 1.807) is 6.08 Å². The minimum Gasteiger partial charge on any atom is -0.468 e. The van der Waals surface area contributed by atoms with Crippen LogP contribution in [0.25, 0.3) is 10.9 Å². The molecule has 2 unspecified atom stereocenters. The molecular weight excluding hydrogens is 352 g/mol. The lowest BCUT2D eigenvalue weighted by Gasteiger charge is -2.44. The normalized spacial score (nSPS) is 32.7. The van der Waals surface area contributed by atoms with Gasteiger partial charge in [0.05, 0.1) is 12.7 Å². The highest BCUT2D eigenvalue weighted by Gasteiger charge is 2.48. The van der Waals surface area contributed by atoms with E-state index in [1.807, 2.05) is 19.1 Å². The number of hydrogen-bond donors (Lipinski definition) is 2. The van der Waals surface area contributed by atoms with Crippen molar-refractivity contribution in [2.75, 3.05) is 26.7 Å². The zero-order valence-corrected chi connectivity index (χ0v) is 16.8. The Morgan fingerprint density at radius 1 is 1.43 bits per heavy atom. The number of nitrogens with one attached hydrogen (secondary N) is 1. The smallest absolute Gasteiger partial charge is 0.321 e. The summed E-state index contributed by atoms with van der Waals surface area (Å²) in [5.41, 5.74) is 1.47. The third-order valence-corrected chi connectivity index (χ3v) is 6.81. The van der Waals surface area contributed by atoms with Crippen LogP contribution in [-0.4, -0.2) is 53.3 Å². The van der Waals surface area contributed by atoms with Crippen LogP contribution in [0.15, 0.2) is 36.9 Å². The zero-order chi connectivity index (χ0) is 19.9. The van der Waals surface area contributed by atoms with E-state index in [9.17, 15) is 9.90 Å². The van der Waals surface area contributed by atoms with E-state index in [2.05, 4.69) is 28.6 Å². The molecule has 1 saturated heterocycles. The molecule has 2 aliphatic rings. The molecule has 150 valence electrons. The first-order valence-corrected chi connectivity index (χ1v) is 10.2. The summed E-state index contributed by atoms with van der Waals surface area (Å²) in [5, 5.41) is 12.2. The summed E-state index contributed by atoms with van der Waals surface area (Å²) in [4.78, 5) is 19.0. The van der Waals surface area contributed by atoms with Crippen LogP contribution >= 0.6 is 0 Å². The summed E-state index contributed by atoms with van der Waals surface area (Å²) in [7, 11) is 1.44. The second kappa shape index (κ2) is 7.05. The van der Waals surface area contributed by atoms with E-state index in [0.717, 1.165) is 41.7 Å². The number of fused-ring (bicyclic) bond motifs is 5. The van der Waals surface area contributed by atoms with E-state index in [-0.39, 0.29) is 11.9 Å². The third-order valence-electron chi connectivity index (χ3n) is 6.81. The second-order valence-electron chi connectivity index (χ2n) is 8.53. The van der Waals surface area contributed by atoms with Gasteiger partial charge in [-0.05, 0) is 43.2 Å². The second-order valence-corrected chi connectivity index (χ2v) is 8.53. The number of para-hydroxylation sites is 1. The molecule has 4 atom stereocenters. The molecule has 3 heterocycles. The summed E-state index contributed by atoms with van der Waals surface area (Å²) < 4.78 is 5.28. The van der Waals surface area contributed by atoms with Crippen LogP contribution in [-0.2, 0) is 21.4 Å². The van der Waals surface area contributed by atoms with Gasteiger partial charge in [0.15, 0.2) is 0 Å². The lowest BCUT2D eigenvalue weighted by atomic mass is 9.71. The number of nitrogens with zero attached hydrogens (tertiary/aromatic N) is 1. The first-order chi connectivity index (χ1) is 13.4. The Morgan fingerprint density at radius 3 is 2.93 bits per heavy atom. The third kappa shape index (κ3) is 2.97. The van der Waals surface area contributed by atoms with Crippen molar-refractivity contribution in [1.82, 2.24) is 9.88 Å². The number of carbonyl (C=O) groups is 1. The van der Waals surface area contributed by atoms with Crippen LogP contribution in [0.1, 0.15) is 37.4 Å². The lowest BCUT2D eigenvalue weighted by molar-refractivity contribution is -0.147. The maximum atomic E-state index is 13.1. The van der Waals surface area contributed by atoms with Crippen molar-refractivity contribution in [3.05, 3.63) is 48.2 Å². The molecule has 0 radical (unpaired) electrons. The average Bonchev–Trinajstić information content (AvgIpc) is 3.09. The van der Waals surface area contributed by atoms with Gasteiger partial charge in [-0.1, -0.05) is 31.2 Å². The number of rotatable bonds is 3. The zero-order valence-electron chi connectivity index (χ0n) is 16.8. The number of aromatic nitrogens is 1. The van der Waals surface area contributed by atoms with Gasteiger partial charge in [-0.2, -0.15) is 0 Å². The Hall–Kier alpha value is -2.11. The molecule has 2 aromatic rings. The van der Waals surface area contributed by atoms with Gasteiger partial charge < -0.3 is 14.8 Å². The highest BCUT2D eigenvalue weighted by atomic mass is 16.5. The van der Waals surface area contributed by atoms with Crippen LogP contribution in [0, 0.1) is 5.92 Å². The van der Waals surface area contributed by atoms with Gasteiger partial charge in [0.25, 0.3) is 0 Å². The summed E-state index contributed by atoms with van der Waals surface area (Å²) in [6, 6.07) is 8.20. The number of hydrogen-bond acceptors (Lipinski definition) is 4. The molecule has 1 aromatic carbocycles. The molecule has 2 aliphatic heterocycles. The molecule has 4 rings (SSSR count). The number of methoxy groups -OCH3 is 1. The number of H-pyrrole nitrogens is 1. The monoisotopic (exact) mass is 382 g/mol. The summed E-state index contributed by atoms with van der Waals surface area (Å²) in [5.74, 6) is -0.0949. The van der Waals surface area contributed by atoms with E-state index in [0.29, 0.717) is 25.8 Å². The molecule has 0 amide bonds. The summed E-state index contributed by atoms with van der Waals surface area (Å²) >= 11 is 0. The fourth-order valence-corrected chi connectivity index (χ4v) is 5.38. The van der Waals surface area contributed by atoms with E-state index in [1.165, 1.54) is 7.11 Å². The topological polar surface area (TPSA) is 65.6 Å². The fourth-order valence-electron chi connectivity index (χ4n) is 5.38. The Morgan fingerprint density at radius 2 is 2.21 bits per heavy atom. The molecule has 28 heavy (non-hydrogen) atoms. The van der Waals surface area contributed by atoms with Crippen LogP contribution < -0.4 is 0 Å². The van der Waals surface area contributed by atoms with E-state index >= 15 is 0 Å². The Bertz CT molecular complexity index is 904. The highest BCUT2D eigenvalue weighted by Crippen LogP contribution is 2.43. The van der Waals surface area contributed by atoms with Gasteiger partial charge in [-0.15, -0.1) is 6.58 Å². The van der Waals surface area contributed by atoms with Crippen molar-refractivity contribution in [1.29, 1.82) is 0 Å². The molecule has 5 heteroatoms. The predicted octanol–water partition coefficient (Wildman–Crippen LogP) is 3.17. The number of carbonyl (C=O) groups excluding carboxylic acids is 1.